The van der Waals surface area contributed by atoms with Crippen LogP contribution in [0, 0.1) is 10.1 Å². The molecule has 1 aromatic carbocycles. The Kier molecular flexibility index (Phi) is 6.35. The normalized spacial score (nSPS) is 11.2. The number of nitro benzene ring substituents is 1. The van der Waals surface area contributed by atoms with Gasteiger partial charge >= 0.3 is 11.9 Å². The van der Waals surface area contributed by atoms with Gasteiger partial charge in [0.15, 0.2) is 0 Å². The predicted octanol–water partition coefficient (Wildman–Crippen LogP) is 3.92. The first kappa shape index (κ1) is 18.7. The summed E-state index contributed by atoms with van der Waals surface area (Å²) >= 11 is 0. The second kappa shape index (κ2) is 7.80. The minimum Gasteiger partial charge on any atom is -0.493 e. The Morgan fingerprint density at radius 2 is 1.65 bits per heavy atom. The van der Waals surface area contributed by atoms with Crippen molar-refractivity contribution >= 4 is 11.5 Å². The molecule has 0 unspecified atom stereocenters. The third-order valence-corrected chi connectivity index (χ3v) is 2.68. The van der Waals surface area contributed by atoms with Crippen LogP contribution in [-0.2, 0) is 0 Å². The monoisotopic (exact) mass is 335 g/mol. The lowest BCUT2D eigenvalue weighted by atomic mass is 10.1. The third kappa shape index (κ3) is 4.83. The number of ether oxygens (including phenoxy) is 2. The molecule has 0 atom stereocenters. The molecular weight excluding hydrogens is 319 g/mol. The highest BCUT2D eigenvalue weighted by molar-refractivity contribution is 6.03. The van der Waals surface area contributed by atoms with Crippen molar-refractivity contribution in [3.63, 3.8) is 0 Å². The zero-order valence-corrected chi connectivity index (χ0v) is 12.6. The molecule has 0 spiro atoms. The van der Waals surface area contributed by atoms with E-state index in [4.69, 9.17) is 9.47 Å². The summed E-state index contributed by atoms with van der Waals surface area (Å²) in [6.45, 7) is 3.69. The van der Waals surface area contributed by atoms with Gasteiger partial charge in [-0.3, -0.25) is 14.9 Å². The summed E-state index contributed by atoms with van der Waals surface area (Å²) in [5.41, 5.74) is -1.61. The van der Waals surface area contributed by atoms with Gasteiger partial charge in [-0.2, -0.15) is 13.2 Å². The fourth-order valence-electron chi connectivity index (χ4n) is 1.68. The third-order valence-electron chi connectivity index (χ3n) is 2.68. The minimum absolute atomic E-state index is 0.0587. The average molecular weight is 335 g/mol. The largest absolute Gasteiger partial charge is 0.493 e. The number of carbonyl (C=O) groups is 1. The fraction of sp³-hybridized carbons (Fsp3) is 0.500. The molecule has 0 aliphatic heterocycles. The molecule has 9 heteroatoms. The number of nitrogens with zero attached hydrogens (tertiary/aromatic N) is 1. The molecule has 0 N–H and O–H groups in total. The van der Waals surface area contributed by atoms with E-state index in [1.54, 1.807) is 13.8 Å². The van der Waals surface area contributed by atoms with Crippen LogP contribution >= 0.6 is 0 Å². The van der Waals surface area contributed by atoms with Gasteiger partial charge in [-0.05, 0) is 12.8 Å². The number of hydrogen-bond donors (Lipinski definition) is 0. The molecule has 6 nitrogen and oxygen atoms in total. The highest BCUT2D eigenvalue weighted by Gasteiger charge is 2.42. The summed E-state index contributed by atoms with van der Waals surface area (Å²) in [7, 11) is 0. The van der Waals surface area contributed by atoms with Crippen LogP contribution < -0.4 is 9.47 Å². The topological polar surface area (TPSA) is 78.7 Å². The quantitative estimate of drug-likeness (QED) is 0.409. The van der Waals surface area contributed by atoms with Crippen LogP contribution in [0.4, 0.5) is 18.9 Å². The van der Waals surface area contributed by atoms with Crippen molar-refractivity contribution < 1.29 is 32.4 Å². The molecule has 1 aromatic rings. The summed E-state index contributed by atoms with van der Waals surface area (Å²) in [4.78, 5) is 21.6. The molecule has 0 amide bonds. The van der Waals surface area contributed by atoms with Crippen LogP contribution in [0.25, 0.3) is 0 Å². The van der Waals surface area contributed by atoms with Crippen molar-refractivity contribution in [2.45, 2.75) is 32.9 Å². The molecule has 0 saturated heterocycles. The Morgan fingerprint density at radius 3 is 2.09 bits per heavy atom. The SMILES string of the molecule is CCCOc1cc(OCCC)c([N+](=O)[O-])cc1C(=O)C(F)(F)F. The number of benzene rings is 1. The van der Waals surface area contributed by atoms with Crippen LogP contribution in [0.2, 0.25) is 0 Å². The highest BCUT2D eigenvalue weighted by atomic mass is 19.4. The molecule has 128 valence electrons. The van der Waals surface area contributed by atoms with E-state index in [-0.39, 0.29) is 24.7 Å². The van der Waals surface area contributed by atoms with Crippen molar-refractivity contribution in [2.75, 3.05) is 13.2 Å². The van der Waals surface area contributed by atoms with E-state index in [2.05, 4.69) is 0 Å². The zero-order chi connectivity index (χ0) is 17.6. The molecular formula is C14H16F3NO5. The molecule has 0 radical (unpaired) electrons. The lowest BCUT2D eigenvalue weighted by Crippen LogP contribution is -2.23. The maximum Gasteiger partial charge on any atom is 0.455 e. The fourth-order valence-corrected chi connectivity index (χ4v) is 1.68. The van der Waals surface area contributed by atoms with E-state index >= 15 is 0 Å². The van der Waals surface area contributed by atoms with Crippen molar-refractivity contribution in [3.05, 3.63) is 27.8 Å². The lowest BCUT2D eigenvalue weighted by Gasteiger charge is -2.14. The van der Waals surface area contributed by atoms with Gasteiger partial charge in [-0.15, -0.1) is 0 Å². The number of Topliss-reactive ketones (excluding diaryl/α,β-unsaturated/α-hetero) is 1. The lowest BCUT2D eigenvalue weighted by molar-refractivity contribution is -0.385. The molecule has 0 fully saturated rings. The van der Waals surface area contributed by atoms with Crippen molar-refractivity contribution in [1.82, 2.24) is 0 Å². The van der Waals surface area contributed by atoms with E-state index in [1.807, 2.05) is 0 Å². The van der Waals surface area contributed by atoms with Crippen molar-refractivity contribution in [1.29, 1.82) is 0 Å². The van der Waals surface area contributed by atoms with Gasteiger partial charge in [0.25, 0.3) is 5.78 Å². The van der Waals surface area contributed by atoms with E-state index in [1.165, 1.54) is 0 Å². The maximum atomic E-state index is 12.7. The molecule has 0 saturated carbocycles. The van der Waals surface area contributed by atoms with Gasteiger partial charge in [0, 0.05) is 12.1 Å². The summed E-state index contributed by atoms with van der Waals surface area (Å²) < 4.78 is 48.3. The van der Waals surface area contributed by atoms with E-state index in [0.29, 0.717) is 18.9 Å². The number of halogens is 3. The van der Waals surface area contributed by atoms with Gasteiger partial charge < -0.3 is 9.47 Å². The zero-order valence-electron chi connectivity index (χ0n) is 12.6. The minimum atomic E-state index is -5.16. The second-order valence-corrected chi connectivity index (χ2v) is 4.60. The average Bonchev–Trinajstić information content (AvgIpc) is 2.48. The predicted molar refractivity (Wildman–Crippen MR) is 75.1 cm³/mol. The first-order valence-corrected chi connectivity index (χ1v) is 6.91. The van der Waals surface area contributed by atoms with Crippen molar-refractivity contribution in [3.8, 4) is 11.5 Å². The number of alkyl halides is 3. The molecule has 0 aliphatic carbocycles. The van der Waals surface area contributed by atoms with Crippen LogP contribution in [0.5, 0.6) is 11.5 Å². The van der Waals surface area contributed by atoms with Crippen LogP contribution in [-0.4, -0.2) is 30.1 Å². The number of nitro groups is 1. The second-order valence-electron chi connectivity index (χ2n) is 4.60. The number of ketones is 1. The summed E-state index contributed by atoms with van der Waals surface area (Å²) in [5.74, 6) is -2.82. The van der Waals surface area contributed by atoms with Gasteiger partial charge in [0.1, 0.15) is 5.75 Å². The Balaban J connectivity index is 3.43. The van der Waals surface area contributed by atoms with Crippen LogP contribution in [0.15, 0.2) is 12.1 Å². The van der Waals surface area contributed by atoms with E-state index in [0.717, 1.165) is 6.07 Å². The smallest absolute Gasteiger partial charge is 0.455 e. The number of rotatable bonds is 8. The number of hydrogen-bond acceptors (Lipinski definition) is 5. The Morgan fingerprint density at radius 1 is 1.13 bits per heavy atom. The van der Waals surface area contributed by atoms with Crippen LogP contribution in [0.1, 0.15) is 37.0 Å². The van der Waals surface area contributed by atoms with Gasteiger partial charge in [0.05, 0.1) is 23.7 Å². The Hall–Kier alpha value is -2.32. The van der Waals surface area contributed by atoms with Crippen molar-refractivity contribution in [2.24, 2.45) is 0 Å². The Labute approximate surface area is 130 Å². The van der Waals surface area contributed by atoms with Gasteiger partial charge in [-0.25, -0.2) is 0 Å². The standard InChI is InChI=1S/C14H16F3NO5/c1-3-5-22-11-8-12(23-6-4-2)10(18(20)21)7-9(11)13(19)14(15,16)17/h7-8H,3-6H2,1-2H3. The summed E-state index contributed by atoms with van der Waals surface area (Å²) in [6, 6.07) is 1.51. The van der Waals surface area contributed by atoms with E-state index < -0.39 is 28.1 Å². The first-order chi connectivity index (χ1) is 10.7. The molecule has 0 bridgehead atoms. The first-order valence-electron chi connectivity index (χ1n) is 6.91. The summed E-state index contributed by atoms with van der Waals surface area (Å²) in [6.07, 6.45) is -4.13. The van der Waals surface area contributed by atoms with Gasteiger partial charge in [0.2, 0.25) is 5.75 Å². The van der Waals surface area contributed by atoms with E-state index in [9.17, 15) is 28.1 Å². The Bertz CT molecular complexity index is 587. The highest BCUT2D eigenvalue weighted by Crippen LogP contribution is 2.37. The molecule has 0 heterocycles. The van der Waals surface area contributed by atoms with Crippen LogP contribution in [0.3, 0.4) is 0 Å². The molecule has 1 rings (SSSR count). The molecule has 23 heavy (non-hydrogen) atoms. The van der Waals surface area contributed by atoms with Gasteiger partial charge in [-0.1, -0.05) is 13.8 Å². The maximum absolute atomic E-state index is 12.7. The molecule has 0 aliphatic rings. The number of carbonyl (C=O) groups excluding carboxylic acids is 1. The summed E-state index contributed by atoms with van der Waals surface area (Å²) in [5, 5.41) is 11.0. The molecule has 0 aromatic heterocycles.